The lowest BCUT2D eigenvalue weighted by molar-refractivity contribution is -0.137. The predicted octanol–water partition coefficient (Wildman–Crippen LogP) is 2.89. The van der Waals surface area contributed by atoms with Crippen LogP contribution in [0.5, 0.6) is 0 Å². The predicted molar refractivity (Wildman–Crippen MR) is 75.3 cm³/mol. The Morgan fingerprint density at radius 1 is 1.14 bits per heavy atom. The number of alkyl halides is 3. The van der Waals surface area contributed by atoms with Crippen LogP contribution in [0, 0.1) is 0 Å². The summed E-state index contributed by atoms with van der Waals surface area (Å²) < 4.78 is 37.5. The number of nitrogens with one attached hydrogen (secondary N) is 2. The van der Waals surface area contributed by atoms with Crippen LogP contribution in [0.25, 0.3) is 0 Å². The molecule has 2 N–H and O–H groups in total. The number of rotatable bonds is 2. The Kier molecular flexibility index (Phi) is 3.78. The maximum atomic E-state index is 12.5. The van der Waals surface area contributed by atoms with Crippen molar-refractivity contribution in [2.45, 2.75) is 37.4 Å². The monoisotopic (exact) mass is 297 g/mol. The third-order valence-electron chi connectivity index (χ3n) is 4.09. The van der Waals surface area contributed by atoms with E-state index in [1.807, 2.05) is 0 Å². The van der Waals surface area contributed by atoms with Gasteiger partial charge in [-0.15, -0.1) is 0 Å². The standard InChI is InChI=1S/C15H18F3N3/c16-15(17,18)12-4-2-10(3-5-12)11-8-13(9-11)21-14-19-6-1-7-20-14/h2-5,11,13H,1,6-9H2,(H2,19,20,21). The van der Waals surface area contributed by atoms with E-state index in [1.54, 1.807) is 12.1 Å². The molecule has 1 aromatic rings. The van der Waals surface area contributed by atoms with Crippen LogP contribution in [0.15, 0.2) is 29.3 Å². The molecule has 0 atom stereocenters. The Labute approximate surface area is 121 Å². The van der Waals surface area contributed by atoms with Gasteiger partial charge in [0.15, 0.2) is 5.96 Å². The average Bonchev–Trinajstić information content (AvgIpc) is 2.43. The van der Waals surface area contributed by atoms with Crippen molar-refractivity contribution >= 4 is 5.96 Å². The third-order valence-corrected chi connectivity index (χ3v) is 4.09. The minimum absolute atomic E-state index is 0.342. The van der Waals surface area contributed by atoms with E-state index >= 15 is 0 Å². The van der Waals surface area contributed by atoms with E-state index in [1.165, 1.54) is 12.1 Å². The fourth-order valence-corrected chi connectivity index (χ4v) is 2.77. The van der Waals surface area contributed by atoms with Gasteiger partial charge < -0.3 is 10.6 Å². The molecule has 0 saturated heterocycles. The van der Waals surface area contributed by atoms with E-state index in [-0.39, 0.29) is 0 Å². The highest BCUT2D eigenvalue weighted by molar-refractivity contribution is 5.80. The Morgan fingerprint density at radius 3 is 2.43 bits per heavy atom. The molecule has 0 amide bonds. The number of nitrogens with zero attached hydrogens (tertiary/aromatic N) is 1. The molecule has 3 nitrogen and oxygen atoms in total. The molecule has 0 spiro atoms. The van der Waals surface area contributed by atoms with Crippen molar-refractivity contribution in [1.29, 1.82) is 0 Å². The number of guanidine groups is 1. The fraction of sp³-hybridized carbons (Fsp3) is 0.533. The number of aliphatic imine (C=N–C) groups is 1. The lowest BCUT2D eigenvalue weighted by atomic mass is 9.76. The van der Waals surface area contributed by atoms with Crippen molar-refractivity contribution in [3.63, 3.8) is 0 Å². The quantitative estimate of drug-likeness (QED) is 0.880. The maximum absolute atomic E-state index is 12.5. The molecule has 1 saturated carbocycles. The van der Waals surface area contributed by atoms with E-state index in [0.717, 1.165) is 43.9 Å². The molecule has 0 unspecified atom stereocenters. The van der Waals surface area contributed by atoms with Crippen molar-refractivity contribution in [2.24, 2.45) is 4.99 Å². The van der Waals surface area contributed by atoms with Crippen molar-refractivity contribution in [3.8, 4) is 0 Å². The van der Waals surface area contributed by atoms with Crippen molar-refractivity contribution in [1.82, 2.24) is 10.6 Å². The summed E-state index contributed by atoms with van der Waals surface area (Å²) >= 11 is 0. The van der Waals surface area contributed by atoms with Gasteiger partial charge >= 0.3 is 6.18 Å². The first-order chi connectivity index (χ1) is 10.0. The summed E-state index contributed by atoms with van der Waals surface area (Å²) in [7, 11) is 0. The van der Waals surface area contributed by atoms with E-state index in [9.17, 15) is 13.2 Å². The lowest BCUT2D eigenvalue weighted by Crippen LogP contribution is -2.50. The number of hydrogen-bond acceptors (Lipinski definition) is 3. The molecule has 0 radical (unpaired) electrons. The second-order valence-corrected chi connectivity index (χ2v) is 5.64. The van der Waals surface area contributed by atoms with Gasteiger partial charge in [-0.1, -0.05) is 12.1 Å². The highest BCUT2D eigenvalue weighted by Gasteiger charge is 2.33. The van der Waals surface area contributed by atoms with Crippen molar-refractivity contribution < 1.29 is 13.2 Å². The average molecular weight is 297 g/mol. The summed E-state index contributed by atoms with van der Waals surface area (Å²) in [6.07, 6.45) is -1.32. The van der Waals surface area contributed by atoms with Crippen molar-refractivity contribution in [2.75, 3.05) is 13.1 Å². The minimum Gasteiger partial charge on any atom is -0.356 e. The molecular formula is C15H18F3N3. The summed E-state index contributed by atoms with van der Waals surface area (Å²) in [6, 6.07) is 5.90. The Morgan fingerprint density at radius 2 is 1.86 bits per heavy atom. The van der Waals surface area contributed by atoms with Gasteiger partial charge in [0.25, 0.3) is 0 Å². The molecule has 0 bridgehead atoms. The molecule has 114 valence electrons. The molecule has 0 aromatic heterocycles. The number of benzene rings is 1. The normalized spacial score (nSPS) is 25.6. The smallest absolute Gasteiger partial charge is 0.356 e. The van der Waals surface area contributed by atoms with Crippen LogP contribution in [0.3, 0.4) is 0 Å². The molecule has 1 fully saturated rings. The number of halogens is 3. The van der Waals surface area contributed by atoms with Gasteiger partial charge in [-0.05, 0) is 42.9 Å². The first-order valence-corrected chi connectivity index (χ1v) is 7.24. The highest BCUT2D eigenvalue weighted by Crippen LogP contribution is 2.38. The van der Waals surface area contributed by atoms with Crippen LogP contribution in [0.1, 0.15) is 36.3 Å². The fourth-order valence-electron chi connectivity index (χ4n) is 2.77. The Bertz CT molecular complexity index is 516. The van der Waals surface area contributed by atoms with Crippen LogP contribution in [0.4, 0.5) is 13.2 Å². The van der Waals surface area contributed by atoms with Crippen LogP contribution in [-0.4, -0.2) is 25.1 Å². The maximum Gasteiger partial charge on any atom is 0.416 e. The minimum atomic E-state index is -4.26. The van der Waals surface area contributed by atoms with Gasteiger partial charge in [0.1, 0.15) is 0 Å². The third kappa shape index (κ3) is 3.31. The van der Waals surface area contributed by atoms with Gasteiger partial charge in [0.05, 0.1) is 5.56 Å². The largest absolute Gasteiger partial charge is 0.416 e. The van der Waals surface area contributed by atoms with Crippen LogP contribution in [0.2, 0.25) is 0 Å². The molecular weight excluding hydrogens is 279 g/mol. The van der Waals surface area contributed by atoms with E-state index in [0.29, 0.717) is 12.0 Å². The van der Waals surface area contributed by atoms with Gasteiger partial charge in [0.2, 0.25) is 0 Å². The van der Waals surface area contributed by atoms with Gasteiger partial charge in [-0.2, -0.15) is 13.2 Å². The number of hydrogen-bond donors (Lipinski definition) is 2. The molecule has 2 aliphatic rings. The zero-order valence-electron chi connectivity index (χ0n) is 11.6. The molecule has 21 heavy (non-hydrogen) atoms. The molecule has 1 heterocycles. The van der Waals surface area contributed by atoms with Crippen LogP contribution < -0.4 is 10.6 Å². The van der Waals surface area contributed by atoms with Gasteiger partial charge in [0, 0.05) is 19.1 Å². The highest BCUT2D eigenvalue weighted by atomic mass is 19.4. The van der Waals surface area contributed by atoms with Crippen LogP contribution >= 0.6 is 0 Å². The Hall–Kier alpha value is -1.72. The van der Waals surface area contributed by atoms with E-state index in [4.69, 9.17) is 0 Å². The summed E-state index contributed by atoms with van der Waals surface area (Å²) in [5, 5.41) is 6.56. The second kappa shape index (κ2) is 5.58. The molecule has 1 aliphatic heterocycles. The zero-order valence-corrected chi connectivity index (χ0v) is 11.6. The summed E-state index contributed by atoms with van der Waals surface area (Å²) in [5.74, 6) is 1.20. The molecule has 3 rings (SSSR count). The summed E-state index contributed by atoms with van der Waals surface area (Å²) in [5.41, 5.74) is 0.403. The molecule has 1 aromatic carbocycles. The van der Waals surface area contributed by atoms with Crippen LogP contribution in [-0.2, 0) is 6.18 Å². The van der Waals surface area contributed by atoms with E-state index in [2.05, 4.69) is 15.6 Å². The Balaban J connectivity index is 1.53. The topological polar surface area (TPSA) is 36.4 Å². The van der Waals surface area contributed by atoms with Crippen molar-refractivity contribution in [3.05, 3.63) is 35.4 Å². The first kappa shape index (κ1) is 14.2. The second-order valence-electron chi connectivity index (χ2n) is 5.64. The van der Waals surface area contributed by atoms with Gasteiger partial charge in [-0.25, -0.2) is 0 Å². The summed E-state index contributed by atoms with van der Waals surface area (Å²) in [4.78, 5) is 4.36. The zero-order chi connectivity index (χ0) is 14.9. The lowest BCUT2D eigenvalue weighted by Gasteiger charge is -2.37. The SMILES string of the molecule is FC(F)(F)c1ccc(C2CC(NC3=NCCCN3)C2)cc1. The molecule has 1 aliphatic carbocycles. The summed E-state index contributed by atoms with van der Waals surface area (Å²) in [6.45, 7) is 1.80. The van der Waals surface area contributed by atoms with Gasteiger partial charge in [-0.3, -0.25) is 4.99 Å². The van der Waals surface area contributed by atoms with E-state index < -0.39 is 11.7 Å². The molecule has 6 heteroatoms. The first-order valence-electron chi connectivity index (χ1n) is 7.24.